The average Bonchev–Trinajstić information content (AvgIpc) is 2.98. The molecule has 2 rings (SSSR count). The predicted octanol–water partition coefficient (Wildman–Crippen LogP) is 0.979. The van der Waals surface area contributed by atoms with Gasteiger partial charge >= 0.3 is 0 Å². The largest absolute Gasteiger partial charge is 0.481 e. The zero-order valence-electron chi connectivity index (χ0n) is 12.9. The van der Waals surface area contributed by atoms with E-state index in [1.807, 2.05) is 12.1 Å². The lowest BCUT2D eigenvalue weighted by Gasteiger charge is -2.23. The Bertz CT molecular complexity index is 477. The standard InChI is InChI=1S/C15H25N5O/c1-3-20-8-4-5-13(20)11-19-15(16)18-10-12-6-7-17-14(9-12)21-2/h6-7,9,13H,3-5,8,10-11H2,1-2H3,(H3,16,18,19). The Morgan fingerprint density at radius 3 is 3.24 bits per heavy atom. The van der Waals surface area contributed by atoms with Crippen LogP contribution in [-0.2, 0) is 6.54 Å². The van der Waals surface area contributed by atoms with Crippen molar-refractivity contribution >= 4 is 5.96 Å². The van der Waals surface area contributed by atoms with Gasteiger partial charge in [-0.1, -0.05) is 6.92 Å². The molecule has 1 atom stereocenters. The van der Waals surface area contributed by atoms with Crippen LogP contribution in [0.25, 0.3) is 0 Å². The number of nitrogens with zero attached hydrogens (tertiary/aromatic N) is 3. The first kappa shape index (κ1) is 15.6. The first-order valence-corrected chi connectivity index (χ1v) is 7.49. The summed E-state index contributed by atoms with van der Waals surface area (Å²) in [7, 11) is 1.60. The summed E-state index contributed by atoms with van der Waals surface area (Å²) in [6, 6.07) is 4.35. The van der Waals surface area contributed by atoms with E-state index in [-0.39, 0.29) is 0 Å². The molecule has 0 spiro atoms. The van der Waals surface area contributed by atoms with E-state index in [9.17, 15) is 0 Å². The molecular weight excluding hydrogens is 266 g/mol. The summed E-state index contributed by atoms with van der Waals surface area (Å²) in [6.07, 6.45) is 4.22. The molecule has 1 saturated heterocycles. The molecule has 3 N–H and O–H groups in total. The Labute approximate surface area is 126 Å². The maximum atomic E-state index is 5.93. The second-order valence-corrected chi connectivity index (χ2v) is 5.21. The first-order chi connectivity index (χ1) is 10.2. The number of aromatic nitrogens is 1. The van der Waals surface area contributed by atoms with Crippen molar-refractivity contribution in [3.8, 4) is 5.88 Å². The van der Waals surface area contributed by atoms with Crippen LogP contribution in [0.1, 0.15) is 25.3 Å². The summed E-state index contributed by atoms with van der Waals surface area (Å²) in [6.45, 7) is 5.88. The van der Waals surface area contributed by atoms with E-state index < -0.39 is 0 Å². The highest BCUT2D eigenvalue weighted by Gasteiger charge is 2.22. The molecule has 116 valence electrons. The van der Waals surface area contributed by atoms with Gasteiger partial charge in [-0.25, -0.2) is 9.98 Å². The molecule has 21 heavy (non-hydrogen) atoms. The summed E-state index contributed by atoms with van der Waals surface area (Å²) < 4.78 is 5.09. The smallest absolute Gasteiger partial charge is 0.213 e. The highest BCUT2D eigenvalue weighted by Crippen LogP contribution is 2.15. The molecule has 0 bridgehead atoms. The van der Waals surface area contributed by atoms with Crippen molar-refractivity contribution in [3.63, 3.8) is 0 Å². The molecule has 1 fully saturated rings. The van der Waals surface area contributed by atoms with Gasteiger partial charge in [-0.15, -0.1) is 0 Å². The quantitative estimate of drug-likeness (QED) is 0.603. The van der Waals surface area contributed by atoms with Crippen LogP contribution in [0.2, 0.25) is 0 Å². The Morgan fingerprint density at radius 1 is 1.62 bits per heavy atom. The van der Waals surface area contributed by atoms with Crippen LogP contribution < -0.4 is 15.8 Å². The Morgan fingerprint density at radius 2 is 2.48 bits per heavy atom. The summed E-state index contributed by atoms with van der Waals surface area (Å²) in [4.78, 5) is 10.9. The number of methoxy groups -OCH3 is 1. The number of nitrogens with two attached hydrogens (primary N) is 1. The van der Waals surface area contributed by atoms with Gasteiger partial charge in [0.25, 0.3) is 0 Å². The molecule has 6 heteroatoms. The fraction of sp³-hybridized carbons (Fsp3) is 0.600. The number of ether oxygens (including phenoxy) is 1. The van der Waals surface area contributed by atoms with Crippen molar-refractivity contribution in [2.45, 2.75) is 32.4 Å². The third-order valence-electron chi connectivity index (χ3n) is 3.86. The molecule has 0 saturated carbocycles. The van der Waals surface area contributed by atoms with Crippen molar-refractivity contribution in [1.29, 1.82) is 0 Å². The van der Waals surface area contributed by atoms with Crippen LogP contribution in [0.3, 0.4) is 0 Å². The van der Waals surface area contributed by atoms with Gasteiger partial charge in [-0.05, 0) is 37.6 Å². The van der Waals surface area contributed by atoms with E-state index in [4.69, 9.17) is 10.5 Å². The SMILES string of the molecule is CCN1CCCC1CNC(N)=NCc1ccnc(OC)c1. The van der Waals surface area contributed by atoms with Gasteiger partial charge in [0.15, 0.2) is 5.96 Å². The zero-order valence-corrected chi connectivity index (χ0v) is 12.9. The second-order valence-electron chi connectivity index (χ2n) is 5.21. The van der Waals surface area contributed by atoms with Crippen molar-refractivity contribution < 1.29 is 4.74 Å². The van der Waals surface area contributed by atoms with Crippen LogP contribution in [0.4, 0.5) is 0 Å². The van der Waals surface area contributed by atoms with Crippen LogP contribution in [0.15, 0.2) is 23.3 Å². The van der Waals surface area contributed by atoms with Gasteiger partial charge in [0.05, 0.1) is 13.7 Å². The van der Waals surface area contributed by atoms with E-state index >= 15 is 0 Å². The molecule has 1 unspecified atom stereocenters. The van der Waals surface area contributed by atoms with Crippen LogP contribution in [0, 0.1) is 0 Å². The van der Waals surface area contributed by atoms with Crippen LogP contribution >= 0.6 is 0 Å². The minimum absolute atomic E-state index is 0.494. The second kappa shape index (κ2) is 7.83. The highest BCUT2D eigenvalue weighted by atomic mass is 16.5. The third-order valence-corrected chi connectivity index (χ3v) is 3.86. The molecule has 6 nitrogen and oxygen atoms in total. The van der Waals surface area contributed by atoms with Crippen LogP contribution in [-0.4, -0.2) is 48.6 Å². The van der Waals surface area contributed by atoms with Gasteiger partial charge in [-0.3, -0.25) is 4.90 Å². The molecule has 1 aromatic heterocycles. The van der Waals surface area contributed by atoms with E-state index in [0.29, 0.717) is 24.4 Å². The maximum Gasteiger partial charge on any atom is 0.213 e. The minimum atomic E-state index is 0.494. The van der Waals surface area contributed by atoms with Gasteiger partial charge in [-0.2, -0.15) is 0 Å². The van der Waals surface area contributed by atoms with Gasteiger partial charge < -0.3 is 15.8 Å². The molecular formula is C15H25N5O. The topological polar surface area (TPSA) is 75.8 Å². The molecule has 1 aromatic rings. The normalized spacial score (nSPS) is 19.7. The zero-order chi connectivity index (χ0) is 15.1. The van der Waals surface area contributed by atoms with E-state index in [0.717, 1.165) is 18.7 Å². The van der Waals surface area contributed by atoms with Gasteiger partial charge in [0, 0.05) is 24.8 Å². The summed E-state index contributed by atoms with van der Waals surface area (Å²) in [5.41, 5.74) is 6.96. The fourth-order valence-electron chi connectivity index (χ4n) is 2.66. The number of nitrogens with one attached hydrogen (secondary N) is 1. The molecule has 0 amide bonds. The van der Waals surface area contributed by atoms with E-state index in [1.165, 1.54) is 19.4 Å². The Kier molecular flexibility index (Phi) is 5.80. The summed E-state index contributed by atoms with van der Waals surface area (Å²) in [5, 5.41) is 3.23. The summed E-state index contributed by atoms with van der Waals surface area (Å²) >= 11 is 0. The van der Waals surface area contributed by atoms with Crippen molar-refractivity contribution in [3.05, 3.63) is 23.9 Å². The molecule has 1 aliphatic rings. The molecule has 0 radical (unpaired) electrons. The van der Waals surface area contributed by atoms with Gasteiger partial charge in [0.2, 0.25) is 5.88 Å². The minimum Gasteiger partial charge on any atom is -0.481 e. The first-order valence-electron chi connectivity index (χ1n) is 7.49. The Hall–Kier alpha value is -1.82. The lowest BCUT2D eigenvalue weighted by Crippen LogP contribution is -2.42. The Balaban J connectivity index is 1.81. The van der Waals surface area contributed by atoms with Gasteiger partial charge in [0.1, 0.15) is 0 Å². The number of pyridine rings is 1. The van der Waals surface area contributed by atoms with Crippen molar-refractivity contribution in [2.24, 2.45) is 10.7 Å². The monoisotopic (exact) mass is 291 g/mol. The van der Waals surface area contributed by atoms with Crippen LogP contribution in [0.5, 0.6) is 5.88 Å². The molecule has 1 aliphatic heterocycles. The van der Waals surface area contributed by atoms with E-state index in [1.54, 1.807) is 13.3 Å². The third kappa shape index (κ3) is 4.60. The number of aliphatic imine (C=N–C) groups is 1. The summed E-state index contributed by atoms with van der Waals surface area (Å²) in [5.74, 6) is 1.09. The lowest BCUT2D eigenvalue weighted by atomic mass is 10.2. The number of hydrogen-bond donors (Lipinski definition) is 2. The number of likely N-dealkylation sites (N-methyl/N-ethyl adjacent to an activating group) is 1. The van der Waals surface area contributed by atoms with E-state index in [2.05, 4.69) is 27.1 Å². The number of likely N-dealkylation sites (tertiary alicyclic amines) is 1. The molecule has 2 heterocycles. The van der Waals surface area contributed by atoms with Crippen molar-refractivity contribution in [1.82, 2.24) is 15.2 Å². The molecule has 0 aromatic carbocycles. The maximum absolute atomic E-state index is 5.93. The number of hydrogen-bond acceptors (Lipinski definition) is 4. The fourth-order valence-corrected chi connectivity index (χ4v) is 2.66. The highest BCUT2D eigenvalue weighted by molar-refractivity contribution is 5.77. The lowest BCUT2D eigenvalue weighted by molar-refractivity contribution is 0.267. The average molecular weight is 291 g/mol. The molecule has 0 aliphatic carbocycles. The predicted molar refractivity (Wildman–Crippen MR) is 84.4 cm³/mol. The number of rotatable bonds is 6. The van der Waals surface area contributed by atoms with Crippen molar-refractivity contribution in [2.75, 3.05) is 26.7 Å². The number of guanidine groups is 1.